The molecule has 0 spiro atoms. The lowest BCUT2D eigenvalue weighted by Crippen LogP contribution is -2.30. The van der Waals surface area contributed by atoms with Crippen LogP contribution in [0.2, 0.25) is 0 Å². The minimum absolute atomic E-state index is 0.0908. The fourth-order valence-corrected chi connectivity index (χ4v) is 8.61. The van der Waals surface area contributed by atoms with Gasteiger partial charge in [0, 0.05) is 19.3 Å². The number of esters is 3. The number of allylic oxidation sites excluding steroid dienone is 14. The second kappa shape index (κ2) is 60.1. The summed E-state index contributed by atoms with van der Waals surface area (Å²) in [5, 5.41) is 0. The first-order valence-corrected chi connectivity index (χ1v) is 30.6. The van der Waals surface area contributed by atoms with Crippen molar-refractivity contribution >= 4 is 17.9 Å². The fraction of sp³-hybridized carbons (Fsp3) is 0.742. The Bertz CT molecular complexity index is 1380. The van der Waals surface area contributed by atoms with Gasteiger partial charge in [0.25, 0.3) is 0 Å². The van der Waals surface area contributed by atoms with Crippen LogP contribution in [0.3, 0.4) is 0 Å². The Morgan fingerprint density at radius 1 is 0.292 bits per heavy atom. The van der Waals surface area contributed by atoms with Crippen LogP contribution in [0.15, 0.2) is 85.1 Å². The highest BCUT2D eigenvalue weighted by molar-refractivity contribution is 5.71. The van der Waals surface area contributed by atoms with Crippen molar-refractivity contribution in [3.05, 3.63) is 85.1 Å². The zero-order valence-corrected chi connectivity index (χ0v) is 47.4. The molecule has 1 atom stereocenters. The van der Waals surface area contributed by atoms with E-state index < -0.39 is 6.10 Å². The highest BCUT2D eigenvalue weighted by atomic mass is 16.6. The number of hydrogen-bond acceptors (Lipinski definition) is 6. The van der Waals surface area contributed by atoms with Crippen LogP contribution in [0.4, 0.5) is 0 Å². The highest BCUT2D eigenvalue weighted by Crippen LogP contribution is 2.17. The van der Waals surface area contributed by atoms with Crippen molar-refractivity contribution in [2.45, 2.75) is 303 Å². The van der Waals surface area contributed by atoms with E-state index in [0.717, 1.165) is 89.9 Å². The van der Waals surface area contributed by atoms with Crippen molar-refractivity contribution in [3.63, 3.8) is 0 Å². The predicted molar refractivity (Wildman–Crippen MR) is 311 cm³/mol. The van der Waals surface area contributed by atoms with Crippen molar-refractivity contribution < 1.29 is 28.6 Å². The number of unbranched alkanes of at least 4 members (excludes halogenated alkanes) is 30. The minimum atomic E-state index is -0.797. The van der Waals surface area contributed by atoms with Crippen molar-refractivity contribution in [1.29, 1.82) is 0 Å². The predicted octanol–water partition coefficient (Wildman–Crippen LogP) is 20.7. The van der Waals surface area contributed by atoms with Crippen molar-refractivity contribution in [2.75, 3.05) is 13.2 Å². The van der Waals surface area contributed by atoms with Gasteiger partial charge in [-0.15, -0.1) is 0 Å². The molecule has 0 aromatic rings. The SMILES string of the molecule is CC/C=C\C/C=C\C/C=C\C/C=C\C/C=C\C/C=C\C/C=C\CCCC(=O)OCC(COC(=O)CCCCCCCCCCCCC)OC(=O)CCCCCCCCCCCCCCCCCCCCCC. The first kappa shape index (κ1) is 68.6. The second-order valence-electron chi connectivity index (χ2n) is 20.2. The molecule has 0 saturated carbocycles. The van der Waals surface area contributed by atoms with Crippen molar-refractivity contribution in [2.24, 2.45) is 0 Å². The third kappa shape index (κ3) is 57.5. The molecule has 6 nitrogen and oxygen atoms in total. The Morgan fingerprint density at radius 3 is 0.847 bits per heavy atom. The summed E-state index contributed by atoms with van der Waals surface area (Å²) in [4.78, 5) is 38.2. The number of carbonyl (C=O) groups is 3. The quantitative estimate of drug-likeness (QED) is 0.0261. The molecule has 0 amide bonds. The Hall–Kier alpha value is -3.41. The van der Waals surface area contributed by atoms with Gasteiger partial charge in [-0.25, -0.2) is 0 Å². The van der Waals surface area contributed by atoms with E-state index in [1.165, 1.54) is 161 Å². The first-order chi connectivity index (χ1) is 35.5. The van der Waals surface area contributed by atoms with E-state index in [1.807, 2.05) is 0 Å². The molecule has 1 unspecified atom stereocenters. The highest BCUT2D eigenvalue weighted by Gasteiger charge is 2.19. The Balaban J connectivity index is 4.39. The maximum atomic E-state index is 12.9. The molecule has 0 bridgehead atoms. The normalized spacial score (nSPS) is 12.7. The summed E-state index contributed by atoms with van der Waals surface area (Å²) in [7, 11) is 0. The van der Waals surface area contributed by atoms with E-state index >= 15 is 0 Å². The number of rotatable bonds is 55. The van der Waals surface area contributed by atoms with E-state index in [-0.39, 0.29) is 37.5 Å². The van der Waals surface area contributed by atoms with Gasteiger partial charge in [-0.1, -0.05) is 292 Å². The summed E-state index contributed by atoms with van der Waals surface area (Å²) in [5.74, 6) is -0.942. The Labute approximate surface area is 445 Å². The molecule has 0 radical (unpaired) electrons. The summed E-state index contributed by atoms with van der Waals surface area (Å²) >= 11 is 0. The molecule has 0 aromatic carbocycles. The maximum Gasteiger partial charge on any atom is 0.306 e. The average molecular weight is 1000 g/mol. The van der Waals surface area contributed by atoms with Crippen LogP contribution in [0.1, 0.15) is 297 Å². The summed E-state index contributed by atoms with van der Waals surface area (Å²) < 4.78 is 16.8. The first-order valence-electron chi connectivity index (χ1n) is 30.6. The van der Waals surface area contributed by atoms with Gasteiger partial charge in [0.15, 0.2) is 6.10 Å². The van der Waals surface area contributed by atoms with Gasteiger partial charge in [0.05, 0.1) is 0 Å². The molecule has 0 heterocycles. The van der Waals surface area contributed by atoms with Gasteiger partial charge in [0.1, 0.15) is 13.2 Å². The van der Waals surface area contributed by atoms with Gasteiger partial charge in [-0.2, -0.15) is 0 Å². The molecule has 6 heteroatoms. The van der Waals surface area contributed by atoms with Gasteiger partial charge < -0.3 is 14.2 Å². The van der Waals surface area contributed by atoms with Crippen LogP contribution in [-0.2, 0) is 28.6 Å². The van der Waals surface area contributed by atoms with E-state index in [4.69, 9.17) is 14.2 Å². The maximum absolute atomic E-state index is 12.9. The number of ether oxygens (including phenoxy) is 3. The van der Waals surface area contributed by atoms with E-state index in [9.17, 15) is 14.4 Å². The molecule has 0 N–H and O–H groups in total. The summed E-state index contributed by atoms with van der Waals surface area (Å²) in [5.41, 5.74) is 0. The largest absolute Gasteiger partial charge is 0.462 e. The monoisotopic (exact) mass is 1000 g/mol. The van der Waals surface area contributed by atoms with Crippen LogP contribution in [0.5, 0.6) is 0 Å². The third-order valence-corrected chi connectivity index (χ3v) is 13.2. The number of hydrogen-bond donors (Lipinski definition) is 0. The molecule has 0 rings (SSSR count). The van der Waals surface area contributed by atoms with Gasteiger partial charge in [-0.05, 0) is 70.6 Å². The summed E-state index contributed by atoms with van der Waals surface area (Å²) in [6, 6.07) is 0. The van der Waals surface area contributed by atoms with E-state index in [0.29, 0.717) is 19.3 Å². The minimum Gasteiger partial charge on any atom is -0.462 e. The van der Waals surface area contributed by atoms with Crippen LogP contribution in [-0.4, -0.2) is 37.2 Å². The van der Waals surface area contributed by atoms with Crippen LogP contribution >= 0.6 is 0 Å². The molecule has 0 saturated heterocycles. The molecule has 0 aliphatic rings. The van der Waals surface area contributed by atoms with E-state index in [1.54, 1.807) is 0 Å². The van der Waals surface area contributed by atoms with Crippen molar-refractivity contribution in [1.82, 2.24) is 0 Å². The fourth-order valence-electron chi connectivity index (χ4n) is 8.61. The van der Waals surface area contributed by atoms with Gasteiger partial charge in [-0.3, -0.25) is 14.4 Å². The van der Waals surface area contributed by atoms with Gasteiger partial charge >= 0.3 is 17.9 Å². The molecule has 72 heavy (non-hydrogen) atoms. The summed E-state index contributed by atoms with van der Waals surface area (Å²) in [6.45, 7) is 6.50. The Kier molecular flexibility index (Phi) is 57.3. The molecule has 0 fully saturated rings. The van der Waals surface area contributed by atoms with Crippen LogP contribution < -0.4 is 0 Å². The van der Waals surface area contributed by atoms with Crippen LogP contribution in [0.25, 0.3) is 0 Å². The lowest BCUT2D eigenvalue weighted by molar-refractivity contribution is -0.167. The van der Waals surface area contributed by atoms with E-state index in [2.05, 4.69) is 106 Å². The van der Waals surface area contributed by atoms with Gasteiger partial charge in [0.2, 0.25) is 0 Å². The smallest absolute Gasteiger partial charge is 0.306 e. The third-order valence-electron chi connectivity index (χ3n) is 13.2. The lowest BCUT2D eigenvalue weighted by atomic mass is 10.0. The zero-order valence-electron chi connectivity index (χ0n) is 47.4. The molecule has 0 aliphatic carbocycles. The lowest BCUT2D eigenvalue weighted by Gasteiger charge is -2.18. The molecule has 0 aromatic heterocycles. The molecule has 0 aliphatic heterocycles. The standard InChI is InChI=1S/C66H114O6/c1-4-7-10-13-16-19-22-24-26-28-30-32-33-34-36-37-39-41-44-47-50-53-56-59-65(68)71-62-63(61-70-64(67)58-55-52-49-46-43-21-18-15-12-9-6-3)72-66(69)60-57-54-51-48-45-42-40-38-35-31-29-27-25-23-20-17-14-11-8-5-2/h7,10,16,19,24,26,30,32,34,36,39,41,47,50,63H,4-6,8-9,11-15,17-18,20-23,25,27-29,31,33,35,37-38,40,42-46,48-49,51-62H2,1-3H3/b10-7-,19-16-,26-24-,32-30-,36-34-,41-39-,50-47-. The van der Waals surface area contributed by atoms with Crippen molar-refractivity contribution in [3.8, 4) is 0 Å². The molecule has 414 valence electrons. The second-order valence-corrected chi connectivity index (χ2v) is 20.2. The molecular weight excluding hydrogens is 889 g/mol. The average Bonchev–Trinajstić information content (AvgIpc) is 3.38. The topological polar surface area (TPSA) is 78.9 Å². The zero-order chi connectivity index (χ0) is 52.2. The number of carbonyl (C=O) groups excluding carboxylic acids is 3. The molecular formula is C66H114O6. The van der Waals surface area contributed by atoms with Crippen LogP contribution in [0, 0.1) is 0 Å². The summed E-state index contributed by atoms with van der Waals surface area (Å²) in [6.07, 6.45) is 78.8. The Morgan fingerprint density at radius 2 is 0.542 bits per heavy atom.